The Morgan fingerprint density at radius 3 is 2.69 bits per heavy atom. The molecular formula is C26H35N3O3. The van der Waals surface area contributed by atoms with Crippen LogP contribution in [0, 0.1) is 11.3 Å². The van der Waals surface area contributed by atoms with E-state index in [4.69, 9.17) is 4.52 Å². The van der Waals surface area contributed by atoms with Gasteiger partial charge in [0.05, 0.1) is 5.41 Å². The monoisotopic (exact) mass is 437 g/mol. The van der Waals surface area contributed by atoms with Crippen LogP contribution in [0.3, 0.4) is 0 Å². The average molecular weight is 438 g/mol. The van der Waals surface area contributed by atoms with E-state index in [1.807, 2.05) is 48.2 Å². The fourth-order valence-corrected chi connectivity index (χ4v) is 5.34. The van der Waals surface area contributed by atoms with Crippen LogP contribution in [0.1, 0.15) is 64.1 Å². The Morgan fingerprint density at radius 2 is 1.94 bits per heavy atom. The molecule has 0 bridgehead atoms. The zero-order chi connectivity index (χ0) is 22.4. The molecule has 0 spiro atoms. The van der Waals surface area contributed by atoms with Gasteiger partial charge in [-0.05, 0) is 38.5 Å². The number of hydrogen-bond donors (Lipinski definition) is 1. The summed E-state index contributed by atoms with van der Waals surface area (Å²) < 4.78 is 5.66. The number of hydrogen-bond acceptors (Lipinski definition) is 4. The minimum absolute atomic E-state index is 0.00725. The second-order valence-electron chi connectivity index (χ2n) is 9.49. The molecule has 1 aliphatic heterocycles. The van der Waals surface area contributed by atoms with Crippen LogP contribution in [-0.2, 0) is 16.0 Å². The number of aromatic nitrogens is 1. The van der Waals surface area contributed by atoms with E-state index in [0.29, 0.717) is 37.6 Å². The van der Waals surface area contributed by atoms with Crippen LogP contribution in [0.2, 0.25) is 0 Å². The number of nitrogens with one attached hydrogen (secondary N) is 1. The molecule has 1 aliphatic carbocycles. The molecule has 4 rings (SSSR count). The number of carbonyl (C=O) groups is 2. The third-order valence-corrected chi connectivity index (χ3v) is 7.08. The van der Waals surface area contributed by atoms with Crippen LogP contribution >= 0.6 is 0 Å². The number of piperidine rings is 1. The van der Waals surface area contributed by atoms with Gasteiger partial charge in [-0.1, -0.05) is 54.8 Å². The van der Waals surface area contributed by atoms with E-state index in [0.717, 1.165) is 43.5 Å². The lowest BCUT2D eigenvalue weighted by Gasteiger charge is -2.41. The predicted molar refractivity (Wildman–Crippen MR) is 124 cm³/mol. The lowest BCUT2D eigenvalue weighted by Crippen LogP contribution is -2.54. The molecule has 32 heavy (non-hydrogen) atoms. The zero-order valence-electron chi connectivity index (χ0n) is 19.1. The number of benzene rings is 1. The van der Waals surface area contributed by atoms with Crippen LogP contribution in [-0.4, -0.2) is 41.5 Å². The van der Waals surface area contributed by atoms with Crippen molar-refractivity contribution in [1.82, 2.24) is 15.4 Å². The van der Waals surface area contributed by atoms with Crippen molar-refractivity contribution in [3.63, 3.8) is 0 Å². The summed E-state index contributed by atoms with van der Waals surface area (Å²) in [6.45, 7) is 3.69. The zero-order valence-corrected chi connectivity index (χ0v) is 19.1. The molecule has 1 saturated carbocycles. The van der Waals surface area contributed by atoms with Gasteiger partial charge in [-0.2, -0.15) is 0 Å². The van der Waals surface area contributed by atoms with Gasteiger partial charge in [-0.25, -0.2) is 0 Å². The molecule has 1 N–H and O–H groups in total. The molecule has 2 aromatic rings. The largest absolute Gasteiger partial charge is 0.361 e. The Morgan fingerprint density at radius 1 is 1.16 bits per heavy atom. The summed E-state index contributed by atoms with van der Waals surface area (Å²) in [6.07, 6.45) is 8.70. The van der Waals surface area contributed by atoms with E-state index in [2.05, 4.69) is 10.5 Å². The molecule has 2 aliphatic rings. The highest BCUT2D eigenvalue weighted by Gasteiger charge is 2.44. The van der Waals surface area contributed by atoms with Crippen LogP contribution in [0.15, 0.2) is 40.9 Å². The molecular weight excluding hydrogens is 402 g/mol. The SMILES string of the molecule is CCNC(=O)[C@]1(Cc2cc(-c3ccccc3)no2)CCCN(C(=O)CC2CCCCC2)C1. The molecule has 2 fully saturated rings. The second kappa shape index (κ2) is 10.3. The number of likely N-dealkylation sites (tertiary alicyclic amines) is 1. The maximum Gasteiger partial charge on any atom is 0.228 e. The van der Waals surface area contributed by atoms with Crippen molar-refractivity contribution in [3.05, 3.63) is 42.2 Å². The standard InChI is InChI=1S/C26H35N3O3/c1-2-27-25(31)26(18-22-17-23(28-32-22)21-12-7-4-8-13-21)14-9-15-29(19-26)24(30)16-20-10-5-3-6-11-20/h4,7-8,12-13,17,20H,2-3,5-6,9-11,14-16,18-19H2,1H3,(H,27,31)/t26-/m0/s1. The summed E-state index contributed by atoms with van der Waals surface area (Å²) in [5.41, 5.74) is 1.08. The minimum atomic E-state index is -0.677. The van der Waals surface area contributed by atoms with Crippen molar-refractivity contribution in [2.75, 3.05) is 19.6 Å². The van der Waals surface area contributed by atoms with Crippen LogP contribution in [0.4, 0.5) is 0 Å². The van der Waals surface area contributed by atoms with Crippen LogP contribution < -0.4 is 5.32 Å². The Kier molecular flexibility index (Phi) is 7.28. The number of rotatable bonds is 7. The van der Waals surface area contributed by atoms with Gasteiger partial charge >= 0.3 is 0 Å². The van der Waals surface area contributed by atoms with Crippen molar-refractivity contribution in [1.29, 1.82) is 0 Å². The number of nitrogens with zero attached hydrogens (tertiary/aromatic N) is 2. The van der Waals surface area contributed by atoms with E-state index in [9.17, 15) is 9.59 Å². The van der Waals surface area contributed by atoms with E-state index in [1.54, 1.807) is 0 Å². The molecule has 1 saturated heterocycles. The van der Waals surface area contributed by atoms with Crippen molar-refractivity contribution in [3.8, 4) is 11.3 Å². The highest BCUT2D eigenvalue weighted by Crippen LogP contribution is 2.36. The molecule has 2 amide bonds. The molecule has 1 aromatic heterocycles. The Balaban J connectivity index is 1.50. The number of amides is 2. The average Bonchev–Trinajstić information content (AvgIpc) is 3.29. The third kappa shape index (κ3) is 5.22. The van der Waals surface area contributed by atoms with Gasteiger partial charge in [0.25, 0.3) is 0 Å². The molecule has 2 heterocycles. The first-order chi connectivity index (χ1) is 15.6. The van der Waals surface area contributed by atoms with Crippen LogP contribution in [0.25, 0.3) is 11.3 Å². The van der Waals surface area contributed by atoms with Gasteiger partial charge in [0.1, 0.15) is 11.5 Å². The lowest BCUT2D eigenvalue weighted by atomic mass is 9.75. The third-order valence-electron chi connectivity index (χ3n) is 7.08. The number of carbonyl (C=O) groups excluding carboxylic acids is 2. The molecule has 1 atom stereocenters. The van der Waals surface area contributed by atoms with E-state index >= 15 is 0 Å². The van der Waals surface area contributed by atoms with Gasteiger partial charge in [0, 0.05) is 44.1 Å². The predicted octanol–water partition coefficient (Wildman–Crippen LogP) is 4.60. The van der Waals surface area contributed by atoms with E-state index < -0.39 is 5.41 Å². The highest BCUT2D eigenvalue weighted by molar-refractivity contribution is 5.85. The molecule has 6 heteroatoms. The first-order valence-corrected chi connectivity index (χ1v) is 12.2. The molecule has 6 nitrogen and oxygen atoms in total. The topological polar surface area (TPSA) is 75.4 Å². The summed E-state index contributed by atoms with van der Waals surface area (Å²) in [5.74, 6) is 1.40. The van der Waals surface area contributed by atoms with Gasteiger partial charge < -0.3 is 14.7 Å². The Hall–Kier alpha value is -2.63. The maximum atomic E-state index is 13.2. The van der Waals surface area contributed by atoms with Crippen molar-refractivity contribution in [2.45, 2.75) is 64.7 Å². The van der Waals surface area contributed by atoms with Crippen LogP contribution in [0.5, 0.6) is 0 Å². The summed E-state index contributed by atoms with van der Waals surface area (Å²) in [4.78, 5) is 28.3. The quantitative estimate of drug-likeness (QED) is 0.687. The summed E-state index contributed by atoms with van der Waals surface area (Å²) in [5, 5.41) is 7.25. The van der Waals surface area contributed by atoms with Crippen molar-refractivity contribution < 1.29 is 14.1 Å². The molecule has 1 aromatic carbocycles. The highest BCUT2D eigenvalue weighted by atomic mass is 16.5. The summed E-state index contributed by atoms with van der Waals surface area (Å²) in [6, 6.07) is 11.8. The molecule has 0 unspecified atom stereocenters. The Bertz CT molecular complexity index is 904. The fourth-order valence-electron chi connectivity index (χ4n) is 5.34. The van der Waals surface area contributed by atoms with Crippen molar-refractivity contribution >= 4 is 11.8 Å². The minimum Gasteiger partial charge on any atom is -0.361 e. The summed E-state index contributed by atoms with van der Waals surface area (Å²) >= 11 is 0. The van der Waals surface area contributed by atoms with E-state index in [1.165, 1.54) is 19.3 Å². The maximum absolute atomic E-state index is 13.2. The van der Waals surface area contributed by atoms with Gasteiger partial charge in [-0.3, -0.25) is 9.59 Å². The Labute approximate surface area is 190 Å². The lowest BCUT2D eigenvalue weighted by molar-refractivity contribution is -0.142. The van der Waals surface area contributed by atoms with E-state index in [-0.39, 0.29) is 11.8 Å². The van der Waals surface area contributed by atoms with Crippen molar-refractivity contribution in [2.24, 2.45) is 11.3 Å². The smallest absolute Gasteiger partial charge is 0.228 e. The second-order valence-corrected chi connectivity index (χ2v) is 9.49. The fraction of sp³-hybridized carbons (Fsp3) is 0.577. The summed E-state index contributed by atoms with van der Waals surface area (Å²) in [7, 11) is 0. The van der Waals surface area contributed by atoms with Gasteiger partial charge in [-0.15, -0.1) is 0 Å². The first kappa shape index (κ1) is 22.6. The molecule has 172 valence electrons. The molecule has 0 radical (unpaired) electrons. The van der Waals surface area contributed by atoms with Gasteiger partial charge in [0.15, 0.2) is 0 Å². The van der Waals surface area contributed by atoms with Gasteiger partial charge in [0.2, 0.25) is 11.8 Å². The first-order valence-electron chi connectivity index (χ1n) is 12.2. The normalized spacial score (nSPS) is 22.0.